The second-order valence-corrected chi connectivity index (χ2v) is 5.59. The molecule has 1 aliphatic rings. The van der Waals surface area contributed by atoms with E-state index in [1.54, 1.807) is 4.68 Å². The molecule has 116 valence electrons. The highest BCUT2D eigenvalue weighted by Gasteiger charge is 2.26. The molecule has 23 heavy (non-hydrogen) atoms. The molecule has 3 heterocycles. The molecule has 0 radical (unpaired) electrons. The van der Waals surface area contributed by atoms with E-state index in [-0.39, 0.29) is 5.91 Å². The van der Waals surface area contributed by atoms with Gasteiger partial charge in [-0.1, -0.05) is 12.1 Å². The van der Waals surface area contributed by atoms with Crippen LogP contribution in [-0.4, -0.2) is 40.8 Å². The van der Waals surface area contributed by atoms with E-state index in [1.807, 2.05) is 47.1 Å². The molecule has 0 saturated carbocycles. The molecule has 2 aromatic heterocycles. The van der Waals surface area contributed by atoms with Gasteiger partial charge in [0.2, 0.25) is 5.91 Å². The summed E-state index contributed by atoms with van der Waals surface area (Å²) in [6, 6.07) is 7.67. The summed E-state index contributed by atoms with van der Waals surface area (Å²) in [5.74, 6) is 0.122. The molecular formula is C15H15N7O. The maximum Gasteiger partial charge on any atom is 0.227 e. The van der Waals surface area contributed by atoms with Crippen LogP contribution in [-0.2, 0) is 31.4 Å². The summed E-state index contributed by atoms with van der Waals surface area (Å²) < 4.78 is 3.42. The molecule has 0 N–H and O–H groups in total. The van der Waals surface area contributed by atoms with Crippen molar-refractivity contribution >= 4 is 5.91 Å². The number of tetrazole rings is 1. The third kappa shape index (κ3) is 2.48. The van der Waals surface area contributed by atoms with Gasteiger partial charge in [-0.2, -0.15) is 5.10 Å². The van der Waals surface area contributed by atoms with Crippen LogP contribution < -0.4 is 0 Å². The quantitative estimate of drug-likeness (QED) is 0.703. The topological polar surface area (TPSA) is 81.7 Å². The largest absolute Gasteiger partial charge is 0.332 e. The molecule has 1 amide bonds. The second-order valence-electron chi connectivity index (χ2n) is 5.59. The Morgan fingerprint density at radius 1 is 1.22 bits per heavy atom. The van der Waals surface area contributed by atoms with Crippen molar-refractivity contribution in [2.24, 2.45) is 7.05 Å². The van der Waals surface area contributed by atoms with Crippen LogP contribution in [0, 0.1) is 0 Å². The maximum absolute atomic E-state index is 12.5. The molecule has 0 unspecified atom stereocenters. The zero-order valence-electron chi connectivity index (χ0n) is 12.6. The van der Waals surface area contributed by atoms with Crippen LogP contribution in [0.15, 0.2) is 36.8 Å². The molecule has 1 aromatic carbocycles. The lowest BCUT2D eigenvalue weighted by Crippen LogP contribution is -2.27. The molecular weight excluding hydrogens is 294 g/mol. The Morgan fingerprint density at radius 3 is 2.74 bits per heavy atom. The molecule has 0 fully saturated rings. The van der Waals surface area contributed by atoms with Crippen molar-refractivity contribution in [2.45, 2.75) is 19.5 Å². The van der Waals surface area contributed by atoms with E-state index in [9.17, 15) is 4.79 Å². The first kappa shape index (κ1) is 13.6. The fourth-order valence-corrected chi connectivity index (χ4v) is 2.80. The van der Waals surface area contributed by atoms with Gasteiger partial charge in [0.15, 0.2) is 0 Å². The average Bonchev–Trinajstić information content (AvgIpc) is 3.27. The van der Waals surface area contributed by atoms with Gasteiger partial charge >= 0.3 is 0 Å². The first-order valence-electron chi connectivity index (χ1n) is 7.30. The lowest BCUT2D eigenvalue weighted by molar-refractivity contribution is -0.131. The maximum atomic E-state index is 12.5. The van der Waals surface area contributed by atoms with Gasteiger partial charge in [0.25, 0.3) is 0 Å². The van der Waals surface area contributed by atoms with E-state index < -0.39 is 0 Å². The molecule has 1 aliphatic heterocycles. The minimum Gasteiger partial charge on any atom is -0.332 e. The first-order valence-corrected chi connectivity index (χ1v) is 7.30. The van der Waals surface area contributed by atoms with Gasteiger partial charge < -0.3 is 4.90 Å². The van der Waals surface area contributed by atoms with E-state index in [0.717, 1.165) is 22.5 Å². The van der Waals surface area contributed by atoms with Crippen LogP contribution in [0.1, 0.15) is 16.8 Å². The Kier molecular flexibility index (Phi) is 3.14. The number of hydrogen-bond donors (Lipinski definition) is 0. The summed E-state index contributed by atoms with van der Waals surface area (Å²) in [4.78, 5) is 14.3. The second kappa shape index (κ2) is 5.31. The number of carbonyl (C=O) groups is 1. The fourth-order valence-electron chi connectivity index (χ4n) is 2.80. The molecule has 0 spiro atoms. The summed E-state index contributed by atoms with van der Waals surface area (Å²) in [7, 11) is 1.91. The molecule has 0 aliphatic carbocycles. The van der Waals surface area contributed by atoms with E-state index in [0.29, 0.717) is 19.5 Å². The SMILES string of the molecule is Cn1ncc2c1CN(C(=O)Cc1ccc(-n3cnnn3)cc1)C2. The van der Waals surface area contributed by atoms with Crippen molar-refractivity contribution < 1.29 is 4.79 Å². The van der Waals surface area contributed by atoms with Crippen LogP contribution >= 0.6 is 0 Å². The molecule has 8 nitrogen and oxygen atoms in total. The average molecular weight is 309 g/mol. The van der Waals surface area contributed by atoms with E-state index in [2.05, 4.69) is 20.6 Å². The van der Waals surface area contributed by atoms with E-state index in [1.165, 1.54) is 6.33 Å². The number of aryl methyl sites for hydroxylation is 1. The van der Waals surface area contributed by atoms with Gasteiger partial charge in [0.05, 0.1) is 30.5 Å². The van der Waals surface area contributed by atoms with Crippen LogP contribution in [0.5, 0.6) is 0 Å². The van der Waals surface area contributed by atoms with Gasteiger partial charge in [-0.25, -0.2) is 4.68 Å². The number of rotatable bonds is 3. The van der Waals surface area contributed by atoms with Crippen LogP contribution in [0.2, 0.25) is 0 Å². The summed E-state index contributed by atoms with van der Waals surface area (Å²) >= 11 is 0. The number of hydrogen-bond acceptors (Lipinski definition) is 5. The Balaban J connectivity index is 1.43. The van der Waals surface area contributed by atoms with Crippen LogP contribution in [0.25, 0.3) is 5.69 Å². The van der Waals surface area contributed by atoms with Gasteiger partial charge in [-0.3, -0.25) is 9.48 Å². The minimum absolute atomic E-state index is 0.122. The smallest absolute Gasteiger partial charge is 0.227 e. The predicted octanol–water partition coefficient (Wildman–Crippen LogP) is 0.481. The highest BCUT2D eigenvalue weighted by atomic mass is 16.2. The molecule has 0 atom stereocenters. The molecule has 3 aromatic rings. The number of nitrogens with zero attached hydrogens (tertiary/aromatic N) is 7. The van der Waals surface area contributed by atoms with E-state index >= 15 is 0 Å². The predicted molar refractivity (Wildman–Crippen MR) is 80.3 cm³/mol. The zero-order valence-corrected chi connectivity index (χ0v) is 12.6. The van der Waals surface area contributed by atoms with Gasteiger partial charge in [-0.15, -0.1) is 5.10 Å². The van der Waals surface area contributed by atoms with Crippen LogP contribution in [0.4, 0.5) is 0 Å². The molecule has 4 rings (SSSR count). The third-order valence-corrected chi connectivity index (χ3v) is 4.11. The fraction of sp³-hybridized carbons (Fsp3) is 0.267. The highest BCUT2D eigenvalue weighted by molar-refractivity contribution is 5.79. The van der Waals surface area contributed by atoms with Gasteiger partial charge in [0.1, 0.15) is 6.33 Å². The summed E-state index contributed by atoms with van der Waals surface area (Å²) in [5, 5.41) is 15.3. The monoisotopic (exact) mass is 309 g/mol. The van der Waals surface area contributed by atoms with Crippen molar-refractivity contribution in [1.82, 2.24) is 34.9 Å². The van der Waals surface area contributed by atoms with Crippen molar-refractivity contribution in [1.29, 1.82) is 0 Å². The lowest BCUT2D eigenvalue weighted by atomic mass is 10.1. The third-order valence-electron chi connectivity index (χ3n) is 4.11. The van der Waals surface area contributed by atoms with Gasteiger partial charge in [-0.05, 0) is 28.1 Å². The summed E-state index contributed by atoms with van der Waals surface area (Å²) in [5.41, 5.74) is 4.09. The molecule has 0 bridgehead atoms. The Labute approximate surface area is 132 Å². The molecule has 8 heteroatoms. The first-order chi connectivity index (χ1) is 11.2. The Hall–Kier alpha value is -3.03. The number of fused-ring (bicyclic) bond motifs is 1. The van der Waals surface area contributed by atoms with E-state index in [4.69, 9.17) is 0 Å². The number of carbonyl (C=O) groups excluding carboxylic acids is 1. The van der Waals surface area contributed by atoms with Crippen molar-refractivity contribution in [3.63, 3.8) is 0 Å². The number of amides is 1. The van der Waals surface area contributed by atoms with Gasteiger partial charge in [0, 0.05) is 19.2 Å². The summed E-state index contributed by atoms with van der Waals surface area (Å²) in [6.45, 7) is 1.28. The Morgan fingerprint density at radius 2 is 2.04 bits per heavy atom. The lowest BCUT2D eigenvalue weighted by Gasteiger charge is -2.16. The van der Waals surface area contributed by atoms with Crippen LogP contribution in [0.3, 0.4) is 0 Å². The summed E-state index contributed by atoms with van der Waals surface area (Å²) in [6.07, 6.45) is 3.76. The number of aromatic nitrogens is 6. The highest BCUT2D eigenvalue weighted by Crippen LogP contribution is 2.22. The number of benzene rings is 1. The normalized spacial score (nSPS) is 13.3. The molecule has 0 saturated heterocycles. The van der Waals surface area contributed by atoms with Crippen molar-refractivity contribution in [3.05, 3.63) is 53.6 Å². The van der Waals surface area contributed by atoms with Crippen molar-refractivity contribution in [3.8, 4) is 5.69 Å². The van der Waals surface area contributed by atoms with Crippen molar-refractivity contribution in [2.75, 3.05) is 0 Å². The Bertz CT molecular complexity index is 835. The standard InChI is InChI=1S/C15H15N7O/c1-20-14-9-21(8-12(14)7-17-20)15(23)6-11-2-4-13(5-3-11)22-10-16-18-19-22/h2-5,7,10H,6,8-9H2,1H3. The zero-order chi connectivity index (χ0) is 15.8. The minimum atomic E-state index is 0.122.